The number of amides is 1. The van der Waals surface area contributed by atoms with Crippen LogP contribution in [0.25, 0.3) is 11.1 Å². The van der Waals surface area contributed by atoms with Gasteiger partial charge in [-0.2, -0.15) is 0 Å². The Bertz CT molecular complexity index is 1190. The number of sulfone groups is 1. The van der Waals surface area contributed by atoms with Crippen LogP contribution in [0.15, 0.2) is 42.5 Å². The predicted molar refractivity (Wildman–Crippen MR) is 143 cm³/mol. The Hall–Kier alpha value is -2.54. The van der Waals surface area contributed by atoms with E-state index in [4.69, 9.17) is 9.47 Å². The molecule has 0 aromatic heterocycles. The lowest BCUT2D eigenvalue weighted by Gasteiger charge is -2.44. The smallest absolute Gasteiger partial charge is 0.409 e. The average molecular weight is 514 g/mol. The number of hydrogen-bond donors (Lipinski definition) is 0. The molecule has 196 valence electrons. The molecule has 1 amide bonds. The number of aryl methyl sites for hydroxylation is 1. The predicted octanol–water partition coefficient (Wildman–Crippen LogP) is 6.02. The number of piperidine rings is 1. The molecule has 0 saturated carbocycles. The van der Waals surface area contributed by atoms with Crippen LogP contribution < -0.4 is 4.74 Å². The van der Waals surface area contributed by atoms with Crippen molar-refractivity contribution in [2.24, 2.45) is 5.41 Å². The lowest BCUT2D eigenvalue weighted by Crippen LogP contribution is -2.51. The molecule has 0 bridgehead atoms. The molecule has 2 aliphatic rings. The van der Waals surface area contributed by atoms with E-state index in [2.05, 4.69) is 32.9 Å². The molecule has 2 aliphatic heterocycles. The Balaban J connectivity index is 1.38. The Morgan fingerprint density at radius 2 is 1.67 bits per heavy atom. The SMILES string of the molecule is CC(C)S(=O)(=O)Cc1ccc(-c2ccc3c(c2)CCC2(CCN(C(=O)OCC(C)(C)C)CC2)O3)cc1. The van der Waals surface area contributed by atoms with Gasteiger partial charge in [0, 0.05) is 25.9 Å². The minimum Gasteiger partial charge on any atom is -0.487 e. The van der Waals surface area contributed by atoms with Crippen molar-refractivity contribution in [3.05, 3.63) is 53.6 Å². The molecule has 7 heteroatoms. The third-order valence-corrected chi connectivity index (χ3v) is 9.34. The van der Waals surface area contributed by atoms with Crippen molar-refractivity contribution >= 4 is 15.9 Å². The number of carbonyl (C=O) groups is 1. The number of carbonyl (C=O) groups excluding carboxylic acids is 1. The van der Waals surface area contributed by atoms with Gasteiger partial charge >= 0.3 is 6.09 Å². The molecule has 2 heterocycles. The van der Waals surface area contributed by atoms with Crippen molar-refractivity contribution in [3.63, 3.8) is 0 Å². The zero-order valence-electron chi connectivity index (χ0n) is 22.2. The van der Waals surface area contributed by atoms with Gasteiger partial charge in [0.2, 0.25) is 0 Å². The molecule has 2 aromatic rings. The van der Waals surface area contributed by atoms with Crippen molar-refractivity contribution < 1.29 is 22.7 Å². The van der Waals surface area contributed by atoms with Crippen molar-refractivity contribution in [3.8, 4) is 16.9 Å². The number of rotatable bonds is 5. The fourth-order valence-corrected chi connectivity index (χ4v) is 5.70. The minimum absolute atomic E-state index is 0.0435. The summed E-state index contributed by atoms with van der Waals surface area (Å²) in [6.45, 7) is 11.3. The van der Waals surface area contributed by atoms with Gasteiger partial charge in [-0.3, -0.25) is 0 Å². The summed E-state index contributed by atoms with van der Waals surface area (Å²) >= 11 is 0. The van der Waals surface area contributed by atoms with Gasteiger partial charge in [0.05, 0.1) is 17.6 Å². The maximum absolute atomic E-state index is 12.4. The lowest BCUT2D eigenvalue weighted by molar-refractivity contribution is -0.0171. The number of nitrogens with zero attached hydrogens (tertiary/aromatic N) is 1. The summed E-state index contributed by atoms with van der Waals surface area (Å²) in [7, 11) is -3.12. The molecule has 0 aliphatic carbocycles. The Morgan fingerprint density at radius 1 is 1.03 bits per heavy atom. The van der Waals surface area contributed by atoms with Gasteiger partial charge in [-0.1, -0.05) is 51.1 Å². The largest absolute Gasteiger partial charge is 0.487 e. The summed E-state index contributed by atoms with van der Waals surface area (Å²) in [5.74, 6) is 0.991. The number of likely N-dealkylation sites (tertiary alicyclic amines) is 1. The van der Waals surface area contributed by atoms with Crippen molar-refractivity contribution in [2.75, 3.05) is 19.7 Å². The quantitative estimate of drug-likeness (QED) is 0.489. The number of ether oxygens (including phenoxy) is 2. The number of hydrogen-bond acceptors (Lipinski definition) is 5. The molecule has 0 unspecified atom stereocenters. The molecule has 0 atom stereocenters. The maximum atomic E-state index is 12.4. The normalized spacial score (nSPS) is 17.6. The van der Waals surface area contributed by atoms with Gasteiger partial charge in [0.1, 0.15) is 11.4 Å². The highest BCUT2D eigenvalue weighted by atomic mass is 32.2. The molecular formula is C29H39NO5S. The first-order valence-corrected chi connectivity index (χ1v) is 14.6. The Labute approximate surface area is 215 Å². The van der Waals surface area contributed by atoms with Gasteiger partial charge in [-0.25, -0.2) is 13.2 Å². The van der Waals surface area contributed by atoms with Crippen LogP contribution in [0.5, 0.6) is 5.75 Å². The van der Waals surface area contributed by atoms with Gasteiger partial charge < -0.3 is 14.4 Å². The monoisotopic (exact) mass is 513 g/mol. The molecule has 1 saturated heterocycles. The van der Waals surface area contributed by atoms with E-state index < -0.39 is 9.84 Å². The molecular weight excluding hydrogens is 474 g/mol. The molecule has 36 heavy (non-hydrogen) atoms. The minimum atomic E-state index is -3.12. The van der Waals surface area contributed by atoms with Crippen LogP contribution in [0.1, 0.15) is 65.0 Å². The average Bonchev–Trinajstić information content (AvgIpc) is 2.82. The first-order valence-electron chi connectivity index (χ1n) is 12.9. The Kier molecular flexibility index (Phi) is 7.42. The summed E-state index contributed by atoms with van der Waals surface area (Å²) in [6.07, 6.45) is 3.25. The second kappa shape index (κ2) is 10.1. The molecule has 1 fully saturated rings. The highest BCUT2D eigenvalue weighted by molar-refractivity contribution is 7.91. The van der Waals surface area contributed by atoms with E-state index in [9.17, 15) is 13.2 Å². The zero-order valence-corrected chi connectivity index (χ0v) is 23.0. The lowest BCUT2D eigenvalue weighted by atomic mass is 9.82. The van der Waals surface area contributed by atoms with Crippen molar-refractivity contribution in [1.29, 1.82) is 0 Å². The highest BCUT2D eigenvalue weighted by Crippen LogP contribution is 2.41. The highest BCUT2D eigenvalue weighted by Gasteiger charge is 2.41. The van der Waals surface area contributed by atoms with Crippen LogP contribution in [0.4, 0.5) is 4.79 Å². The summed E-state index contributed by atoms with van der Waals surface area (Å²) < 4.78 is 36.5. The van der Waals surface area contributed by atoms with Crippen LogP contribution in [-0.2, 0) is 26.7 Å². The maximum Gasteiger partial charge on any atom is 0.409 e. The zero-order chi connectivity index (χ0) is 26.1. The van der Waals surface area contributed by atoms with E-state index >= 15 is 0 Å². The molecule has 1 spiro atoms. The van der Waals surface area contributed by atoms with Crippen molar-refractivity contribution in [1.82, 2.24) is 4.90 Å². The first-order chi connectivity index (χ1) is 16.9. The summed E-state index contributed by atoms with van der Waals surface area (Å²) in [5, 5.41) is -0.379. The van der Waals surface area contributed by atoms with E-state index in [0.29, 0.717) is 19.7 Å². The third-order valence-electron chi connectivity index (χ3n) is 7.17. The van der Waals surface area contributed by atoms with Gasteiger partial charge in [0.25, 0.3) is 0 Å². The Morgan fingerprint density at radius 3 is 2.28 bits per heavy atom. The van der Waals surface area contributed by atoms with E-state index in [1.54, 1.807) is 18.7 Å². The molecule has 4 rings (SSSR count). The van der Waals surface area contributed by atoms with Gasteiger partial charge in [0.15, 0.2) is 9.84 Å². The van der Waals surface area contributed by atoms with Gasteiger partial charge in [-0.15, -0.1) is 0 Å². The van der Waals surface area contributed by atoms with Crippen LogP contribution in [0.3, 0.4) is 0 Å². The molecule has 0 N–H and O–H groups in total. The topological polar surface area (TPSA) is 72.9 Å². The standard InChI is InChI=1S/C29H39NO5S/c1-21(2)36(32,33)19-22-6-8-23(9-7-22)24-10-11-26-25(18-24)12-13-29(35-26)14-16-30(17-15-29)27(31)34-20-28(3,4)5/h6-11,18,21H,12-17,19-20H2,1-5H3. The van der Waals surface area contributed by atoms with Gasteiger partial charge in [-0.05, 0) is 66.5 Å². The van der Waals surface area contributed by atoms with Crippen LogP contribution in [-0.4, -0.2) is 50.0 Å². The van der Waals surface area contributed by atoms with Crippen LogP contribution in [0.2, 0.25) is 0 Å². The second-order valence-corrected chi connectivity index (χ2v) is 14.3. The number of fused-ring (bicyclic) bond motifs is 1. The first kappa shape index (κ1) is 26.5. The van der Waals surface area contributed by atoms with Crippen LogP contribution >= 0.6 is 0 Å². The van der Waals surface area contributed by atoms with E-state index in [0.717, 1.165) is 48.1 Å². The fraction of sp³-hybridized carbons (Fsp3) is 0.552. The molecule has 0 radical (unpaired) electrons. The van der Waals surface area contributed by atoms with E-state index in [1.165, 1.54) is 5.56 Å². The van der Waals surface area contributed by atoms with E-state index in [-0.39, 0.29) is 28.1 Å². The van der Waals surface area contributed by atoms with Crippen molar-refractivity contribution in [2.45, 2.75) is 76.9 Å². The second-order valence-electron chi connectivity index (χ2n) is 11.8. The van der Waals surface area contributed by atoms with E-state index in [1.807, 2.05) is 30.3 Å². The summed E-state index contributed by atoms with van der Waals surface area (Å²) in [6, 6.07) is 14.1. The summed E-state index contributed by atoms with van der Waals surface area (Å²) in [5.41, 5.74) is 3.89. The third kappa shape index (κ3) is 6.23. The number of benzene rings is 2. The van der Waals surface area contributed by atoms with Crippen LogP contribution in [0, 0.1) is 5.41 Å². The molecule has 2 aromatic carbocycles. The molecule has 6 nitrogen and oxygen atoms in total. The fourth-order valence-electron chi connectivity index (χ4n) is 4.71. The summed E-state index contributed by atoms with van der Waals surface area (Å²) in [4.78, 5) is 14.2.